The van der Waals surface area contributed by atoms with Crippen LogP contribution in [-0.2, 0) is 26.2 Å². The number of thiophene rings is 1. The third-order valence-electron chi connectivity index (χ3n) is 12.6. The van der Waals surface area contributed by atoms with E-state index in [9.17, 15) is 29.6 Å². The van der Waals surface area contributed by atoms with Gasteiger partial charge in [-0.15, -0.1) is 11.3 Å². The van der Waals surface area contributed by atoms with E-state index in [0.717, 1.165) is 36.6 Å². The third kappa shape index (κ3) is 4.92. The highest BCUT2D eigenvalue weighted by atomic mass is 35.5. The molecule has 12 nitrogen and oxygen atoms in total. The molecule has 2 aliphatic carbocycles. The molecule has 6 unspecified atom stereocenters. The van der Waals surface area contributed by atoms with Gasteiger partial charge in [0.15, 0.2) is 0 Å². The summed E-state index contributed by atoms with van der Waals surface area (Å²) < 4.78 is 2.58. The van der Waals surface area contributed by atoms with Crippen molar-refractivity contribution < 1.29 is 29.2 Å². The smallest absolute Gasteiger partial charge is 0.271 e. The van der Waals surface area contributed by atoms with E-state index in [1.165, 1.54) is 29.2 Å². The highest BCUT2D eigenvalue weighted by Gasteiger charge is 2.68. The molecule has 0 bridgehead atoms. The number of anilines is 2. The van der Waals surface area contributed by atoms with Crippen LogP contribution in [0.5, 0.6) is 5.75 Å². The van der Waals surface area contributed by atoms with Gasteiger partial charge in [0, 0.05) is 40.9 Å². The van der Waals surface area contributed by atoms with Gasteiger partial charge in [0.05, 0.1) is 38.7 Å². The quantitative estimate of drug-likeness (QED) is 0.0815. The number of hydrogen-bond acceptors (Lipinski definition) is 9. The third-order valence-corrected chi connectivity index (χ3v) is 14.2. The largest absolute Gasteiger partial charge is 0.507 e. The van der Waals surface area contributed by atoms with Crippen molar-refractivity contribution in [2.24, 2.45) is 36.1 Å². The van der Waals surface area contributed by atoms with Crippen molar-refractivity contribution in [2.75, 3.05) is 9.80 Å². The highest BCUT2D eigenvalue weighted by molar-refractivity contribution is 7.22. The van der Waals surface area contributed by atoms with Gasteiger partial charge in [-0.2, -0.15) is 5.10 Å². The molecule has 56 heavy (non-hydrogen) atoms. The molecule has 4 heterocycles. The lowest BCUT2D eigenvalue weighted by molar-refractivity contribution is -0.384. The molecule has 0 spiro atoms. The molecule has 5 aromatic rings. The number of aryl methyl sites for hydroxylation is 4. The molecule has 2 saturated heterocycles. The molecule has 9 rings (SSSR count). The molecule has 14 heteroatoms. The summed E-state index contributed by atoms with van der Waals surface area (Å²) >= 11 is 7.86. The maximum Gasteiger partial charge on any atom is 0.271 e. The van der Waals surface area contributed by atoms with Gasteiger partial charge < -0.3 is 5.11 Å². The van der Waals surface area contributed by atoms with E-state index in [-0.39, 0.29) is 30.0 Å². The van der Waals surface area contributed by atoms with Gasteiger partial charge in [-0.3, -0.25) is 34.0 Å². The van der Waals surface area contributed by atoms with E-state index in [1.807, 2.05) is 50.3 Å². The number of carbonyl (C=O) groups is 4. The van der Waals surface area contributed by atoms with Gasteiger partial charge >= 0.3 is 0 Å². The fraction of sp³-hybridized carbons (Fsp3) is 0.310. The summed E-state index contributed by atoms with van der Waals surface area (Å²) in [5.41, 5.74) is 2.88. The van der Waals surface area contributed by atoms with Gasteiger partial charge in [-0.1, -0.05) is 41.4 Å². The SMILES string of the molecule is Cc1cc(C2C3=CCC4C(=O)N(c5cccc([N+](=O)[O-])c5)C(=O)C4C3CC3C(=O)N(c4cc(-c5sc6ccc(Cl)cc6c5C)nn4C)C(=O)C32C)cc(C)c1O. The molecule has 3 fully saturated rings. The molecule has 1 saturated carbocycles. The number of nitrogens with zero attached hydrogens (tertiary/aromatic N) is 5. The van der Waals surface area contributed by atoms with Crippen molar-refractivity contribution in [2.45, 2.75) is 46.5 Å². The number of nitro benzene ring substituents is 1. The summed E-state index contributed by atoms with van der Waals surface area (Å²) in [4.78, 5) is 72.8. The summed E-state index contributed by atoms with van der Waals surface area (Å²) in [6.45, 7) is 7.37. The molecule has 3 aromatic carbocycles. The normalized spacial score (nSPS) is 25.8. The first-order chi connectivity index (χ1) is 26.6. The molecule has 6 atom stereocenters. The number of phenols is 1. The average molecular weight is 790 g/mol. The number of non-ortho nitro benzene ring substituents is 1. The number of aromatic hydroxyl groups is 1. The number of allylic oxidation sites excluding steroid dienone is 2. The lowest BCUT2D eigenvalue weighted by atomic mass is 9.51. The Balaban J connectivity index is 1.16. The maximum atomic E-state index is 15.2. The van der Waals surface area contributed by atoms with Crippen LogP contribution in [0.2, 0.25) is 5.02 Å². The lowest BCUT2D eigenvalue weighted by Gasteiger charge is -2.49. The first-order valence-electron chi connectivity index (χ1n) is 18.4. The van der Waals surface area contributed by atoms with Crippen LogP contribution in [0, 0.1) is 60.0 Å². The van der Waals surface area contributed by atoms with Gasteiger partial charge in [0.25, 0.3) is 5.69 Å². The van der Waals surface area contributed by atoms with Gasteiger partial charge in [0.2, 0.25) is 23.6 Å². The minimum atomic E-state index is -1.30. The van der Waals surface area contributed by atoms with E-state index in [4.69, 9.17) is 16.7 Å². The molecule has 4 aliphatic rings. The fourth-order valence-corrected chi connectivity index (χ4v) is 11.3. The topological polar surface area (TPSA) is 156 Å². The number of imide groups is 2. The summed E-state index contributed by atoms with van der Waals surface area (Å²) in [7, 11) is 1.70. The molecule has 284 valence electrons. The zero-order valence-corrected chi connectivity index (χ0v) is 32.6. The number of benzene rings is 3. The van der Waals surface area contributed by atoms with Crippen molar-refractivity contribution in [3.63, 3.8) is 0 Å². The van der Waals surface area contributed by atoms with Crippen molar-refractivity contribution in [1.29, 1.82) is 0 Å². The molecule has 2 aromatic heterocycles. The van der Waals surface area contributed by atoms with Crippen LogP contribution in [0.4, 0.5) is 17.2 Å². The Kier molecular flexibility index (Phi) is 7.99. The zero-order chi connectivity index (χ0) is 39.7. The van der Waals surface area contributed by atoms with Crippen molar-refractivity contribution in [1.82, 2.24) is 9.78 Å². The number of rotatable bonds is 5. The number of halogens is 1. The monoisotopic (exact) mass is 789 g/mol. The Bertz CT molecular complexity index is 2640. The number of nitro groups is 1. The first kappa shape index (κ1) is 36.0. The zero-order valence-electron chi connectivity index (χ0n) is 31.1. The molecular formula is C42H36ClN5O7S. The van der Waals surface area contributed by atoms with Crippen LogP contribution in [0.3, 0.4) is 0 Å². The van der Waals surface area contributed by atoms with Crippen molar-refractivity contribution in [3.8, 4) is 16.3 Å². The number of amides is 4. The van der Waals surface area contributed by atoms with Crippen LogP contribution in [-0.4, -0.2) is 43.4 Å². The maximum absolute atomic E-state index is 15.2. The molecule has 2 aliphatic heterocycles. The van der Waals surface area contributed by atoms with Crippen LogP contribution < -0.4 is 9.80 Å². The summed E-state index contributed by atoms with van der Waals surface area (Å²) in [6.07, 6.45) is 2.31. The van der Waals surface area contributed by atoms with E-state index in [1.54, 1.807) is 43.0 Å². The Morgan fingerprint density at radius 3 is 2.39 bits per heavy atom. The number of hydrogen-bond donors (Lipinski definition) is 1. The second-order valence-corrected chi connectivity index (χ2v) is 17.2. The summed E-state index contributed by atoms with van der Waals surface area (Å²) in [5, 5.41) is 28.8. The van der Waals surface area contributed by atoms with E-state index < -0.39 is 63.6 Å². The Labute approximate surface area is 330 Å². The molecule has 4 amide bonds. The number of fused-ring (bicyclic) bond motifs is 5. The Morgan fingerprint density at radius 1 is 0.946 bits per heavy atom. The summed E-state index contributed by atoms with van der Waals surface area (Å²) in [5.74, 6) is -5.04. The van der Waals surface area contributed by atoms with E-state index in [0.29, 0.717) is 27.7 Å². The Hall–Kier alpha value is -5.66. The predicted molar refractivity (Wildman–Crippen MR) is 212 cm³/mol. The van der Waals surface area contributed by atoms with Crippen molar-refractivity contribution in [3.05, 3.63) is 110 Å². The van der Waals surface area contributed by atoms with Gasteiger partial charge in [-0.05, 0) is 98.4 Å². The predicted octanol–water partition coefficient (Wildman–Crippen LogP) is 7.93. The van der Waals surface area contributed by atoms with Crippen LogP contribution in [0.1, 0.15) is 47.9 Å². The van der Waals surface area contributed by atoms with Crippen LogP contribution >= 0.6 is 22.9 Å². The minimum absolute atomic E-state index is 0.120. The number of phenolic OH excluding ortho intramolecular Hbond substituents is 1. The number of carbonyl (C=O) groups excluding carboxylic acids is 4. The van der Waals surface area contributed by atoms with Crippen LogP contribution in [0.15, 0.2) is 72.3 Å². The van der Waals surface area contributed by atoms with E-state index in [2.05, 4.69) is 0 Å². The average Bonchev–Trinajstić information content (AvgIpc) is 3.83. The van der Waals surface area contributed by atoms with Gasteiger partial charge in [-0.25, -0.2) is 9.80 Å². The molecular weight excluding hydrogens is 754 g/mol. The molecule has 1 N–H and O–H groups in total. The van der Waals surface area contributed by atoms with Crippen LogP contribution in [0.25, 0.3) is 20.7 Å². The second kappa shape index (κ2) is 12.4. The number of aromatic nitrogens is 2. The highest BCUT2D eigenvalue weighted by Crippen LogP contribution is 2.64. The first-order valence-corrected chi connectivity index (χ1v) is 19.5. The standard InChI is InChI=1S/C42H36ClN5O7S/c1-19-13-22(14-20(2)36(19)49)35-26-10-11-27-34(40(52)46(38(27)50)24-7-6-8-25(16-24)48(54)55)29(26)17-30-39(51)47(41(53)42(30,35)4)33-18-31(44-45(33)5)37-21(3)28-15-23(43)9-12-32(28)56-37/h6-10,12-16,18,27,29-30,34-35,49H,11,17H2,1-5H3. The Morgan fingerprint density at radius 2 is 1.68 bits per heavy atom. The van der Waals surface area contributed by atoms with E-state index >= 15 is 4.79 Å². The lowest BCUT2D eigenvalue weighted by Crippen LogP contribution is -2.49. The second-order valence-electron chi connectivity index (χ2n) is 15.7. The minimum Gasteiger partial charge on any atom is -0.507 e. The fourth-order valence-electron chi connectivity index (χ4n) is 9.99. The van der Waals surface area contributed by atoms with Gasteiger partial charge in [0.1, 0.15) is 17.3 Å². The molecule has 0 radical (unpaired) electrons. The summed E-state index contributed by atoms with van der Waals surface area (Å²) in [6, 6.07) is 16.6. The van der Waals surface area contributed by atoms with Crippen molar-refractivity contribution >= 4 is 73.8 Å².